The molecular weight excluding hydrogens is 945 g/mol. The van der Waals surface area contributed by atoms with Crippen molar-refractivity contribution < 1.29 is 66.9 Å². The molecule has 2 atom stereocenters. The van der Waals surface area contributed by atoms with Gasteiger partial charge in [-0.2, -0.15) is 0 Å². The van der Waals surface area contributed by atoms with Crippen LogP contribution in [0, 0.1) is 0 Å². The summed E-state index contributed by atoms with van der Waals surface area (Å²) in [5.41, 5.74) is 4.98. The molecule has 0 aliphatic carbocycles. The number of hydrogen-bond acceptors (Lipinski definition) is 16. The summed E-state index contributed by atoms with van der Waals surface area (Å²) in [6, 6.07) is 9.78. The van der Waals surface area contributed by atoms with E-state index < -0.39 is 5.97 Å². The Morgan fingerprint density at radius 1 is 0.644 bits per heavy atom. The van der Waals surface area contributed by atoms with E-state index in [1.54, 1.807) is 60.8 Å². The van der Waals surface area contributed by atoms with Crippen molar-refractivity contribution in [3.63, 3.8) is 0 Å². The van der Waals surface area contributed by atoms with Gasteiger partial charge in [0.15, 0.2) is 23.0 Å². The number of amides is 3. The Balaban J connectivity index is 1.06. The maximum absolute atomic E-state index is 13.7. The smallest absolute Gasteiger partial charge is 0.303 e. The predicted molar refractivity (Wildman–Crippen MR) is 269 cm³/mol. The van der Waals surface area contributed by atoms with Crippen LogP contribution in [-0.4, -0.2) is 173 Å². The average molecular weight is 1010 g/mol. The molecular formula is C53H66N6O14. The van der Waals surface area contributed by atoms with Crippen LogP contribution in [-0.2, 0) is 41.8 Å². The lowest BCUT2D eigenvalue weighted by Gasteiger charge is -2.23. The molecule has 2 saturated heterocycles. The van der Waals surface area contributed by atoms with Crippen LogP contribution in [0.1, 0.15) is 78.1 Å². The monoisotopic (exact) mass is 1010 g/mol. The first-order chi connectivity index (χ1) is 35.5. The van der Waals surface area contributed by atoms with E-state index in [9.17, 15) is 24.3 Å². The van der Waals surface area contributed by atoms with Gasteiger partial charge in [-0.05, 0) is 45.2 Å². The Labute approximate surface area is 425 Å². The molecule has 7 rings (SSSR count). The zero-order valence-corrected chi connectivity index (χ0v) is 42.3. The molecule has 0 unspecified atom stereocenters. The second kappa shape index (κ2) is 26.7. The SMILES string of the molecule is C/C=C1\C[C@H]2C=Nc3cc(OCc4cc(OCCN(CCCC(=O)O)C(=O)CCOCCOCCOCCOC)cc(COc5cc6c(cc5OC)C(=O)N5C/C(=C/C)C[C@H]5C=N6)n4)c(OC)cc3C(=O)N2C1. The van der Waals surface area contributed by atoms with Crippen molar-refractivity contribution in [1.82, 2.24) is 19.7 Å². The van der Waals surface area contributed by atoms with Crippen molar-refractivity contribution in [1.29, 1.82) is 0 Å². The summed E-state index contributed by atoms with van der Waals surface area (Å²) in [7, 11) is 4.61. The zero-order chi connectivity index (χ0) is 51.7. The highest BCUT2D eigenvalue weighted by Gasteiger charge is 2.36. The first-order valence-electron chi connectivity index (χ1n) is 24.5. The topological polar surface area (TPSA) is 219 Å². The van der Waals surface area contributed by atoms with Crippen LogP contribution in [0.2, 0.25) is 0 Å². The highest BCUT2D eigenvalue weighted by molar-refractivity contribution is 6.05. The van der Waals surface area contributed by atoms with Crippen LogP contribution < -0.4 is 23.7 Å². The number of carbonyl (C=O) groups excluding carboxylic acids is 3. The maximum atomic E-state index is 13.7. The van der Waals surface area contributed by atoms with E-state index in [0.717, 1.165) is 12.8 Å². The van der Waals surface area contributed by atoms with E-state index >= 15 is 0 Å². The lowest BCUT2D eigenvalue weighted by molar-refractivity contribution is -0.138. The number of ether oxygens (including phenoxy) is 9. The Kier molecular flexibility index (Phi) is 19.7. The van der Waals surface area contributed by atoms with Gasteiger partial charge >= 0.3 is 5.97 Å². The fourth-order valence-electron chi connectivity index (χ4n) is 8.74. The van der Waals surface area contributed by atoms with E-state index in [0.29, 0.717) is 115 Å². The third-order valence-electron chi connectivity index (χ3n) is 12.7. The van der Waals surface area contributed by atoms with Gasteiger partial charge in [0.2, 0.25) is 5.91 Å². The minimum Gasteiger partial charge on any atom is -0.493 e. The lowest BCUT2D eigenvalue weighted by atomic mass is 10.1. The van der Waals surface area contributed by atoms with Crippen molar-refractivity contribution in [3.05, 3.63) is 82.2 Å². The van der Waals surface area contributed by atoms with Gasteiger partial charge in [-0.3, -0.25) is 34.1 Å². The van der Waals surface area contributed by atoms with Gasteiger partial charge in [0, 0.05) is 69.9 Å². The molecule has 0 saturated carbocycles. The Morgan fingerprint density at radius 2 is 1.15 bits per heavy atom. The van der Waals surface area contributed by atoms with Crippen LogP contribution in [0.4, 0.5) is 11.4 Å². The summed E-state index contributed by atoms with van der Waals surface area (Å²) < 4.78 is 52.0. The number of rotatable bonds is 28. The second-order valence-corrected chi connectivity index (χ2v) is 17.6. The Hall–Kier alpha value is -6.87. The quantitative estimate of drug-likeness (QED) is 0.0635. The zero-order valence-electron chi connectivity index (χ0n) is 42.3. The molecule has 0 bridgehead atoms. The van der Waals surface area contributed by atoms with Crippen LogP contribution >= 0.6 is 0 Å². The van der Waals surface area contributed by atoms with Crippen LogP contribution in [0.3, 0.4) is 0 Å². The number of aromatic nitrogens is 1. The molecule has 3 amide bonds. The molecule has 73 heavy (non-hydrogen) atoms. The van der Waals surface area contributed by atoms with E-state index in [2.05, 4.69) is 0 Å². The van der Waals surface area contributed by atoms with Gasteiger partial charge in [0.1, 0.15) is 25.6 Å². The number of carboxylic acid groups (broad SMARTS) is 1. The summed E-state index contributed by atoms with van der Waals surface area (Å²) >= 11 is 0. The number of hydrogen-bond donors (Lipinski definition) is 1. The van der Waals surface area contributed by atoms with Gasteiger partial charge in [-0.1, -0.05) is 23.3 Å². The number of carbonyl (C=O) groups is 4. The number of benzene rings is 2. The average Bonchev–Trinajstić information content (AvgIpc) is 3.97. The molecule has 2 aromatic carbocycles. The number of fused-ring (bicyclic) bond motifs is 4. The minimum atomic E-state index is -0.959. The van der Waals surface area contributed by atoms with Crippen LogP contribution in [0.15, 0.2) is 69.7 Å². The van der Waals surface area contributed by atoms with Crippen molar-refractivity contribution in [3.8, 4) is 28.7 Å². The third kappa shape index (κ3) is 14.4. The molecule has 0 radical (unpaired) electrons. The van der Waals surface area contributed by atoms with Crippen molar-refractivity contribution in [2.75, 3.05) is 100 Å². The molecule has 20 heteroatoms. The number of pyridine rings is 1. The van der Waals surface area contributed by atoms with Gasteiger partial charge < -0.3 is 62.4 Å². The maximum Gasteiger partial charge on any atom is 0.303 e. The molecule has 0 spiro atoms. The first kappa shape index (κ1) is 53.9. The summed E-state index contributed by atoms with van der Waals surface area (Å²) in [6.45, 7) is 7.92. The van der Waals surface area contributed by atoms with Gasteiger partial charge in [0.25, 0.3) is 11.8 Å². The molecule has 4 aliphatic rings. The van der Waals surface area contributed by atoms with Gasteiger partial charge in [0.05, 0.1) is 119 Å². The molecule has 5 heterocycles. The molecule has 392 valence electrons. The van der Waals surface area contributed by atoms with Gasteiger partial charge in [-0.25, -0.2) is 0 Å². The first-order valence-corrected chi connectivity index (χ1v) is 24.5. The largest absolute Gasteiger partial charge is 0.493 e. The van der Waals surface area contributed by atoms with Crippen LogP contribution in [0.25, 0.3) is 0 Å². The molecule has 4 aliphatic heterocycles. The minimum absolute atomic E-state index is 0.0566. The van der Waals surface area contributed by atoms with E-state index in [1.807, 2.05) is 35.8 Å². The summed E-state index contributed by atoms with van der Waals surface area (Å²) in [5, 5.41) is 9.33. The molecule has 1 N–H and O–H groups in total. The Bertz CT molecular complexity index is 2430. The van der Waals surface area contributed by atoms with E-state index in [-0.39, 0.29) is 88.6 Å². The fraction of sp³-hybridized carbons (Fsp3) is 0.491. The fourth-order valence-corrected chi connectivity index (χ4v) is 8.74. The molecule has 2 fully saturated rings. The van der Waals surface area contributed by atoms with Gasteiger partial charge in [-0.15, -0.1) is 0 Å². The van der Waals surface area contributed by atoms with Crippen molar-refractivity contribution in [2.24, 2.45) is 9.98 Å². The number of methoxy groups -OCH3 is 3. The van der Waals surface area contributed by atoms with Crippen molar-refractivity contribution >= 4 is 47.5 Å². The third-order valence-corrected chi connectivity index (χ3v) is 12.7. The highest BCUT2D eigenvalue weighted by atomic mass is 16.6. The van der Waals surface area contributed by atoms with Crippen LogP contribution in [0.5, 0.6) is 28.7 Å². The normalized spacial score (nSPS) is 17.8. The molecule has 1 aromatic heterocycles. The number of aliphatic carboxylic acids is 1. The van der Waals surface area contributed by atoms with Crippen molar-refractivity contribution in [2.45, 2.75) is 71.2 Å². The number of aliphatic imine (C=N–C) groups is 2. The lowest BCUT2D eigenvalue weighted by Crippen LogP contribution is -2.36. The standard InChI is InChI=1S/C53H66N6O14/c1-6-35-21-39-29-54-44-27-48(46(66-4)25-42(44)52(63)58(39)31-35)72-33-37-23-41(71-14-12-57(11-8-9-51(61)62)50(60)10-13-68-17-18-70-20-19-69-16-15-65-3)24-38(56-37)34-73-49-28-45-43(26-47(49)67-5)53(64)59-32-36(7-2)22-40(59)30-55-45/h6-7,23-30,39-40H,8-22,31-34H2,1-5H3,(H,61,62)/b35-6+,36-7+/t39-,40-/m0/s1. The molecule has 20 nitrogen and oxygen atoms in total. The van der Waals surface area contributed by atoms with E-state index in [1.165, 1.54) is 25.4 Å². The van der Waals surface area contributed by atoms with E-state index in [4.69, 9.17) is 57.6 Å². The summed E-state index contributed by atoms with van der Waals surface area (Å²) in [5.74, 6) is 0.303. The summed E-state index contributed by atoms with van der Waals surface area (Å²) in [4.78, 5) is 71.8. The summed E-state index contributed by atoms with van der Waals surface area (Å²) in [6.07, 6.45) is 9.34. The number of nitrogens with zero attached hydrogens (tertiary/aromatic N) is 6. The molecule has 3 aromatic rings. The predicted octanol–water partition coefficient (Wildman–Crippen LogP) is 6.17. The highest BCUT2D eigenvalue weighted by Crippen LogP contribution is 2.41. The number of allylic oxidation sites excluding steroid dienone is 2. The second-order valence-electron chi connectivity index (χ2n) is 17.6. The number of carboxylic acids is 1. The Morgan fingerprint density at radius 3 is 1.63 bits per heavy atom.